The number of carbonyl (C=O) groups is 2. The van der Waals surface area contributed by atoms with Gasteiger partial charge in [-0.1, -0.05) is 47.7 Å². The number of nitro groups is 1. The van der Waals surface area contributed by atoms with Crippen LogP contribution in [0.3, 0.4) is 0 Å². The Morgan fingerprint density at radius 1 is 1.06 bits per heavy atom. The van der Waals surface area contributed by atoms with E-state index in [9.17, 15) is 24.8 Å². The van der Waals surface area contributed by atoms with Gasteiger partial charge < -0.3 is 5.11 Å². The smallest absolute Gasteiger partial charge is 0.301 e. The highest BCUT2D eigenvalue weighted by molar-refractivity contribution is 7.22. The van der Waals surface area contributed by atoms with E-state index < -0.39 is 22.7 Å². The average molecular weight is 471 g/mol. The zero-order chi connectivity index (χ0) is 24.0. The number of carbonyl (C=O) groups excluding carboxylic acids is 2. The number of thiazole rings is 1. The fourth-order valence-corrected chi connectivity index (χ4v) is 5.09. The molecule has 0 aliphatic carbocycles. The first-order valence-electron chi connectivity index (χ1n) is 10.3. The SMILES string of the molecule is Cc1ccc2nc(N3C(=O)C(=O)C(=C(O)c4ccccc4)[C@H]3c3ccc([N+](=O)[O-])cc3)sc2c1. The number of amides is 1. The van der Waals surface area contributed by atoms with Crippen molar-refractivity contribution >= 4 is 49.8 Å². The molecule has 0 radical (unpaired) electrons. The molecule has 8 nitrogen and oxygen atoms in total. The second-order valence-electron chi connectivity index (χ2n) is 7.85. The topological polar surface area (TPSA) is 114 Å². The lowest BCUT2D eigenvalue weighted by Crippen LogP contribution is -2.29. The molecule has 34 heavy (non-hydrogen) atoms. The number of anilines is 1. The summed E-state index contributed by atoms with van der Waals surface area (Å²) in [5, 5.41) is 22.5. The Labute approximate surface area is 197 Å². The van der Waals surface area contributed by atoms with E-state index in [1.54, 1.807) is 30.3 Å². The third kappa shape index (κ3) is 3.52. The van der Waals surface area contributed by atoms with E-state index in [2.05, 4.69) is 4.98 Å². The number of ketones is 1. The van der Waals surface area contributed by atoms with Gasteiger partial charge in [0.05, 0.1) is 26.8 Å². The summed E-state index contributed by atoms with van der Waals surface area (Å²) in [5.74, 6) is -1.99. The minimum atomic E-state index is -0.998. The van der Waals surface area contributed by atoms with Gasteiger partial charge >= 0.3 is 5.91 Å². The third-order valence-electron chi connectivity index (χ3n) is 5.65. The van der Waals surface area contributed by atoms with Crippen molar-refractivity contribution in [3.05, 3.63) is 105 Å². The summed E-state index contributed by atoms with van der Waals surface area (Å²) < 4.78 is 0.849. The number of aliphatic hydroxyl groups excluding tert-OH is 1. The van der Waals surface area contributed by atoms with Gasteiger partial charge in [-0.25, -0.2) is 4.98 Å². The lowest BCUT2D eigenvalue weighted by Gasteiger charge is -2.22. The maximum atomic E-state index is 13.2. The lowest BCUT2D eigenvalue weighted by molar-refractivity contribution is -0.384. The molecular weight excluding hydrogens is 454 g/mol. The second kappa shape index (κ2) is 8.20. The highest BCUT2D eigenvalue weighted by atomic mass is 32.1. The van der Waals surface area contributed by atoms with Crippen LogP contribution in [-0.2, 0) is 9.59 Å². The van der Waals surface area contributed by atoms with E-state index in [1.165, 1.54) is 40.5 Å². The molecule has 1 N–H and O–H groups in total. The first-order valence-corrected chi connectivity index (χ1v) is 11.1. The number of benzene rings is 3. The molecule has 1 aliphatic heterocycles. The van der Waals surface area contributed by atoms with Crippen LogP contribution in [0.1, 0.15) is 22.7 Å². The van der Waals surface area contributed by atoms with Crippen LogP contribution in [0, 0.1) is 17.0 Å². The molecule has 1 saturated heterocycles. The maximum Gasteiger partial charge on any atom is 0.301 e. The summed E-state index contributed by atoms with van der Waals surface area (Å²) in [5.41, 5.74) is 2.31. The average Bonchev–Trinajstić information content (AvgIpc) is 3.37. The van der Waals surface area contributed by atoms with Crippen LogP contribution >= 0.6 is 11.3 Å². The Balaban J connectivity index is 1.72. The number of rotatable bonds is 4. The van der Waals surface area contributed by atoms with Crippen LogP contribution in [0.2, 0.25) is 0 Å². The van der Waals surface area contributed by atoms with Gasteiger partial charge in [-0.2, -0.15) is 0 Å². The molecule has 0 bridgehead atoms. The van der Waals surface area contributed by atoms with Crippen LogP contribution in [0.15, 0.2) is 78.4 Å². The number of hydrogen-bond donors (Lipinski definition) is 1. The molecule has 3 aromatic carbocycles. The zero-order valence-electron chi connectivity index (χ0n) is 17.8. The first-order chi connectivity index (χ1) is 16.3. The molecule has 1 aliphatic rings. The Bertz CT molecular complexity index is 1490. The molecule has 1 amide bonds. The van der Waals surface area contributed by atoms with Crippen molar-refractivity contribution in [3.8, 4) is 0 Å². The molecule has 1 aromatic heterocycles. The Morgan fingerprint density at radius 2 is 1.76 bits per heavy atom. The zero-order valence-corrected chi connectivity index (χ0v) is 18.7. The molecule has 0 spiro atoms. The number of aryl methyl sites for hydroxylation is 1. The molecule has 1 fully saturated rings. The summed E-state index contributed by atoms with van der Waals surface area (Å²) in [6, 6.07) is 18.7. The highest BCUT2D eigenvalue weighted by Gasteiger charge is 2.48. The van der Waals surface area contributed by atoms with Crippen molar-refractivity contribution in [2.75, 3.05) is 4.90 Å². The van der Waals surface area contributed by atoms with E-state index in [0.29, 0.717) is 21.8 Å². The summed E-state index contributed by atoms with van der Waals surface area (Å²) in [4.78, 5) is 42.9. The standard InChI is InChI=1S/C25H17N3O5S/c1-14-7-12-18-19(13-14)34-25(26-18)27-21(15-8-10-17(11-9-15)28(32)33)20(23(30)24(27)31)22(29)16-5-3-2-4-6-16/h2-13,21,29H,1H3/t21-/m1/s1. The van der Waals surface area contributed by atoms with Crippen molar-refractivity contribution in [3.63, 3.8) is 0 Å². The number of Topliss-reactive ketones (excluding diaryl/α,β-unsaturated/α-hetero) is 1. The summed E-state index contributed by atoms with van der Waals surface area (Å²) in [6.07, 6.45) is 0. The van der Waals surface area contributed by atoms with E-state index in [-0.39, 0.29) is 17.0 Å². The van der Waals surface area contributed by atoms with Crippen LogP contribution in [0.4, 0.5) is 10.8 Å². The van der Waals surface area contributed by atoms with Gasteiger partial charge in [0, 0.05) is 17.7 Å². The van der Waals surface area contributed by atoms with Crippen LogP contribution in [0.5, 0.6) is 0 Å². The van der Waals surface area contributed by atoms with Crippen molar-refractivity contribution in [2.24, 2.45) is 0 Å². The number of hydrogen-bond acceptors (Lipinski definition) is 7. The summed E-state index contributed by atoms with van der Waals surface area (Å²) >= 11 is 1.26. The molecule has 2 heterocycles. The number of fused-ring (bicyclic) bond motifs is 1. The molecule has 0 unspecified atom stereocenters. The molecule has 0 saturated carbocycles. The number of non-ortho nitro benzene ring substituents is 1. The van der Waals surface area contributed by atoms with Crippen LogP contribution < -0.4 is 4.90 Å². The number of aliphatic hydroxyl groups is 1. The van der Waals surface area contributed by atoms with E-state index >= 15 is 0 Å². The molecule has 5 rings (SSSR count). The quantitative estimate of drug-likeness (QED) is 0.145. The van der Waals surface area contributed by atoms with Gasteiger partial charge in [0.2, 0.25) is 0 Å². The third-order valence-corrected chi connectivity index (χ3v) is 6.67. The molecule has 4 aromatic rings. The summed E-state index contributed by atoms with van der Waals surface area (Å²) in [7, 11) is 0. The van der Waals surface area contributed by atoms with Gasteiger partial charge in [0.1, 0.15) is 5.76 Å². The molecular formula is C25H17N3O5S. The van der Waals surface area contributed by atoms with Crippen molar-refractivity contribution in [2.45, 2.75) is 13.0 Å². The summed E-state index contributed by atoms with van der Waals surface area (Å²) in [6.45, 7) is 1.95. The lowest BCUT2D eigenvalue weighted by atomic mass is 9.95. The van der Waals surface area contributed by atoms with Gasteiger partial charge in [-0.3, -0.25) is 24.6 Å². The fraction of sp³-hybridized carbons (Fsp3) is 0.0800. The first kappa shape index (κ1) is 21.5. The van der Waals surface area contributed by atoms with Gasteiger partial charge in [-0.15, -0.1) is 0 Å². The largest absolute Gasteiger partial charge is 0.507 e. The van der Waals surface area contributed by atoms with Gasteiger partial charge in [0.25, 0.3) is 11.5 Å². The molecule has 168 valence electrons. The minimum Gasteiger partial charge on any atom is -0.507 e. The van der Waals surface area contributed by atoms with E-state index in [0.717, 1.165) is 10.3 Å². The Hall–Kier alpha value is -4.37. The van der Waals surface area contributed by atoms with Crippen molar-refractivity contribution in [1.29, 1.82) is 0 Å². The molecule has 1 atom stereocenters. The van der Waals surface area contributed by atoms with Crippen LogP contribution in [-0.4, -0.2) is 26.7 Å². The van der Waals surface area contributed by atoms with Crippen molar-refractivity contribution in [1.82, 2.24) is 4.98 Å². The predicted octanol–water partition coefficient (Wildman–Crippen LogP) is 5.14. The second-order valence-corrected chi connectivity index (χ2v) is 8.86. The normalized spacial score (nSPS) is 17.4. The number of nitrogens with zero attached hydrogens (tertiary/aromatic N) is 3. The highest BCUT2D eigenvalue weighted by Crippen LogP contribution is 2.44. The van der Waals surface area contributed by atoms with Gasteiger partial charge in [0.15, 0.2) is 5.13 Å². The fourth-order valence-electron chi connectivity index (χ4n) is 4.00. The Kier molecular flexibility index (Phi) is 5.18. The monoisotopic (exact) mass is 471 g/mol. The number of aromatic nitrogens is 1. The maximum absolute atomic E-state index is 13.2. The molecule has 9 heteroatoms. The predicted molar refractivity (Wildman–Crippen MR) is 129 cm³/mol. The van der Waals surface area contributed by atoms with E-state index in [4.69, 9.17) is 0 Å². The minimum absolute atomic E-state index is 0.0968. The van der Waals surface area contributed by atoms with Crippen molar-refractivity contribution < 1.29 is 19.6 Å². The van der Waals surface area contributed by atoms with E-state index in [1.807, 2.05) is 25.1 Å². The van der Waals surface area contributed by atoms with Gasteiger partial charge in [-0.05, 0) is 42.3 Å². The van der Waals surface area contributed by atoms with Crippen LogP contribution in [0.25, 0.3) is 16.0 Å². The Morgan fingerprint density at radius 3 is 2.44 bits per heavy atom. The number of nitro benzene ring substituents is 1.